The average molecular weight is 423 g/mol. The third-order valence-corrected chi connectivity index (χ3v) is 5.22. The van der Waals surface area contributed by atoms with E-state index >= 15 is 0 Å². The lowest BCUT2D eigenvalue weighted by Gasteiger charge is -2.11. The molecule has 0 spiro atoms. The highest BCUT2D eigenvalue weighted by Crippen LogP contribution is 2.15. The molecule has 0 fully saturated rings. The minimum absolute atomic E-state index is 0.125. The Morgan fingerprint density at radius 3 is 2.47 bits per heavy atom. The van der Waals surface area contributed by atoms with E-state index in [0.29, 0.717) is 27.8 Å². The van der Waals surface area contributed by atoms with Crippen LogP contribution in [0.2, 0.25) is 0 Å². The molecular weight excluding hydrogens is 406 g/mol. The largest absolute Gasteiger partial charge is 0.322 e. The van der Waals surface area contributed by atoms with Gasteiger partial charge in [0.05, 0.1) is 29.2 Å². The number of hydrogen-bond donors (Lipinski definition) is 1. The summed E-state index contributed by atoms with van der Waals surface area (Å²) in [7, 11) is 0. The van der Waals surface area contributed by atoms with Crippen molar-refractivity contribution in [3.63, 3.8) is 0 Å². The van der Waals surface area contributed by atoms with Crippen LogP contribution in [0.5, 0.6) is 0 Å². The van der Waals surface area contributed by atoms with Crippen LogP contribution in [0.4, 0.5) is 5.69 Å². The highest BCUT2D eigenvalue weighted by atomic mass is 16.2. The van der Waals surface area contributed by atoms with Crippen molar-refractivity contribution >= 4 is 33.9 Å². The Morgan fingerprint density at radius 1 is 0.875 bits per heavy atom. The first kappa shape index (κ1) is 19.4. The summed E-state index contributed by atoms with van der Waals surface area (Å²) in [6.07, 6.45) is 6.26. The van der Waals surface area contributed by atoms with Crippen LogP contribution < -0.4 is 10.9 Å². The number of hydrogen-bond acceptors (Lipinski definition) is 5. The predicted molar refractivity (Wildman–Crippen MR) is 120 cm³/mol. The molecule has 0 atom stereocenters. The van der Waals surface area contributed by atoms with Gasteiger partial charge in [0.15, 0.2) is 5.78 Å². The second-order valence-electron chi connectivity index (χ2n) is 7.23. The van der Waals surface area contributed by atoms with Crippen molar-refractivity contribution in [3.8, 4) is 0 Å². The maximum absolute atomic E-state index is 13.0. The first-order valence-electron chi connectivity index (χ1n) is 9.90. The summed E-state index contributed by atoms with van der Waals surface area (Å²) in [6, 6.07) is 17.1. The highest BCUT2D eigenvalue weighted by molar-refractivity contribution is 6.04. The molecule has 0 aliphatic heterocycles. The summed E-state index contributed by atoms with van der Waals surface area (Å²) in [5, 5.41) is 3.28. The minimum atomic E-state index is -0.289. The number of aromatic nitrogens is 4. The quantitative estimate of drug-likeness (QED) is 0.438. The first-order chi connectivity index (χ1) is 15.6. The van der Waals surface area contributed by atoms with Gasteiger partial charge in [0.1, 0.15) is 12.0 Å². The van der Waals surface area contributed by atoms with E-state index in [0.717, 1.165) is 5.52 Å². The molecule has 1 amide bonds. The van der Waals surface area contributed by atoms with E-state index in [4.69, 9.17) is 0 Å². The van der Waals surface area contributed by atoms with Gasteiger partial charge in [-0.2, -0.15) is 0 Å². The number of carbonyl (C=O) groups is 2. The number of anilines is 1. The Morgan fingerprint density at radius 2 is 1.69 bits per heavy atom. The molecule has 5 rings (SSSR count). The number of rotatable bonds is 5. The molecule has 0 saturated carbocycles. The third kappa shape index (κ3) is 3.43. The Balaban J connectivity index is 1.40. The maximum Gasteiger partial charge on any atom is 0.262 e. The number of pyridine rings is 1. The van der Waals surface area contributed by atoms with Gasteiger partial charge >= 0.3 is 0 Å². The van der Waals surface area contributed by atoms with E-state index in [1.165, 1.54) is 10.8 Å². The molecule has 0 saturated heterocycles. The number of nitrogens with one attached hydrogen (secondary N) is 1. The zero-order valence-electron chi connectivity index (χ0n) is 16.8. The molecule has 3 heterocycles. The van der Waals surface area contributed by atoms with Gasteiger partial charge in [-0.15, -0.1) is 0 Å². The van der Waals surface area contributed by atoms with Crippen LogP contribution in [0.3, 0.4) is 0 Å². The van der Waals surface area contributed by atoms with Crippen LogP contribution in [0.15, 0.2) is 90.4 Å². The lowest BCUT2D eigenvalue weighted by Crippen LogP contribution is -2.26. The molecule has 32 heavy (non-hydrogen) atoms. The number of para-hydroxylation sites is 1. The lowest BCUT2D eigenvalue weighted by molar-refractivity contribution is 0.0971. The smallest absolute Gasteiger partial charge is 0.262 e. The predicted octanol–water partition coefficient (Wildman–Crippen LogP) is 3.18. The molecule has 0 bridgehead atoms. The lowest BCUT2D eigenvalue weighted by atomic mass is 10.1. The summed E-state index contributed by atoms with van der Waals surface area (Å²) in [5.74, 6) is -0.515. The summed E-state index contributed by atoms with van der Waals surface area (Å²) in [5.41, 5.74) is 2.46. The molecule has 3 aromatic heterocycles. The Labute approximate surface area is 181 Å². The van der Waals surface area contributed by atoms with Crippen LogP contribution in [-0.4, -0.2) is 30.6 Å². The fraction of sp³-hybridized carbons (Fsp3) is 0.0417. The van der Waals surface area contributed by atoms with Gasteiger partial charge in [-0.3, -0.25) is 28.3 Å². The molecular formula is C24H17N5O3. The van der Waals surface area contributed by atoms with Crippen LogP contribution in [0.25, 0.3) is 16.6 Å². The van der Waals surface area contributed by atoms with Crippen LogP contribution in [0.1, 0.15) is 20.7 Å². The van der Waals surface area contributed by atoms with E-state index in [1.54, 1.807) is 71.7 Å². The monoisotopic (exact) mass is 423 g/mol. The zero-order chi connectivity index (χ0) is 22.1. The van der Waals surface area contributed by atoms with Crippen molar-refractivity contribution in [2.24, 2.45) is 0 Å². The van der Waals surface area contributed by atoms with E-state index < -0.39 is 0 Å². The molecule has 2 aromatic carbocycles. The number of fused-ring (bicyclic) bond motifs is 3. The number of imidazole rings is 1. The molecule has 0 aliphatic carbocycles. The van der Waals surface area contributed by atoms with Gasteiger partial charge in [-0.25, -0.2) is 4.98 Å². The van der Waals surface area contributed by atoms with Gasteiger partial charge in [0.25, 0.3) is 11.5 Å². The number of nitrogens with zero attached hydrogens (tertiary/aromatic N) is 4. The van der Waals surface area contributed by atoms with Crippen molar-refractivity contribution in [2.75, 3.05) is 5.32 Å². The topological polar surface area (TPSA) is 98.4 Å². The molecule has 8 heteroatoms. The standard InChI is InChI=1S/C24H17N5O3/c30-21(16-7-9-18(10-8-16)27-23(31)17-4-3-11-25-12-17)14-28-22-13-26-15-29(22)20-6-2-1-5-19(20)24(28)32/h1-13,15H,14H2,(H,27,31). The SMILES string of the molecule is O=C(Cn1c(=O)c2ccccc2n2cncc12)c1ccc(NC(=O)c2cccnc2)cc1. The third-order valence-electron chi connectivity index (χ3n) is 5.22. The molecule has 0 unspecified atom stereocenters. The van der Waals surface area contributed by atoms with E-state index in [-0.39, 0.29) is 23.8 Å². The van der Waals surface area contributed by atoms with Crippen molar-refractivity contribution in [1.29, 1.82) is 0 Å². The van der Waals surface area contributed by atoms with Gasteiger partial charge < -0.3 is 5.32 Å². The van der Waals surface area contributed by atoms with Crippen molar-refractivity contribution in [1.82, 2.24) is 18.9 Å². The van der Waals surface area contributed by atoms with E-state index in [2.05, 4.69) is 15.3 Å². The summed E-state index contributed by atoms with van der Waals surface area (Å²) < 4.78 is 3.22. The minimum Gasteiger partial charge on any atom is -0.322 e. The fourth-order valence-corrected chi connectivity index (χ4v) is 3.61. The number of amides is 1. The van der Waals surface area contributed by atoms with Crippen LogP contribution in [-0.2, 0) is 6.54 Å². The van der Waals surface area contributed by atoms with E-state index in [1.807, 2.05) is 12.1 Å². The summed E-state index contributed by atoms with van der Waals surface area (Å²) >= 11 is 0. The van der Waals surface area contributed by atoms with Crippen LogP contribution >= 0.6 is 0 Å². The number of ketones is 1. The molecule has 156 valence electrons. The number of benzene rings is 2. The first-order valence-corrected chi connectivity index (χ1v) is 9.90. The molecule has 0 radical (unpaired) electrons. The maximum atomic E-state index is 13.0. The fourth-order valence-electron chi connectivity index (χ4n) is 3.61. The molecule has 0 aliphatic rings. The Kier molecular flexibility index (Phi) is 4.79. The summed E-state index contributed by atoms with van der Waals surface area (Å²) in [4.78, 5) is 46.3. The molecule has 8 nitrogen and oxygen atoms in total. The van der Waals surface area contributed by atoms with Gasteiger partial charge in [0, 0.05) is 23.6 Å². The van der Waals surface area contributed by atoms with Gasteiger partial charge in [-0.05, 0) is 48.5 Å². The van der Waals surface area contributed by atoms with Crippen LogP contribution in [0, 0.1) is 0 Å². The van der Waals surface area contributed by atoms with Gasteiger partial charge in [0.2, 0.25) is 0 Å². The second-order valence-corrected chi connectivity index (χ2v) is 7.23. The highest BCUT2D eigenvalue weighted by Gasteiger charge is 2.15. The average Bonchev–Trinajstić information content (AvgIpc) is 3.33. The molecule has 5 aromatic rings. The normalized spacial score (nSPS) is 11.0. The Bertz CT molecular complexity index is 1520. The number of carbonyl (C=O) groups excluding carboxylic acids is 2. The van der Waals surface area contributed by atoms with Crippen molar-refractivity contribution in [3.05, 3.63) is 107 Å². The van der Waals surface area contributed by atoms with Crippen molar-refractivity contribution < 1.29 is 9.59 Å². The number of Topliss-reactive ketones (excluding diaryl/α,β-unsaturated/α-hetero) is 1. The second kappa shape index (κ2) is 7.92. The van der Waals surface area contributed by atoms with E-state index in [9.17, 15) is 14.4 Å². The summed E-state index contributed by atoms with van der Waals surface area (Å²) in [6.45, 7) is -0.125. The molecule has 1 N–H and O–H groups in total. The van der Waals surface area contributed by atoms with Crippen molar-refractivity contribution in [2.45, 2.75) is 6.54 Å². The zero-order valence-corrected chi connectivity index (χ0v) is 16.8. The Hall–Kier alpha value is -4.59. The van der Waals surface area contributed by atoms with Gasteiger partial charge in [-0.1, -0.05) is 12.1 Å².